The highest BCUT2D eigenvalue weighted by Gasteiger charge is 2.42. The van der Waals surface area contributed by atoms with E-state index >= 15 is 19.2 Å². The molecule has 0 atom stereocenters. The zero-order chi connectivity index (χ0) is 52.3. The van der Waals surface area contributed by atoms with E-state index in [2.05, 4.69) is 55.4 Å². The molecule has 10 nitrogen and oxygen atoms in total. The number of methoxy groups -OCH3 is 4. The summed E-state index contributed by atoms with van der Waals surface area (Å²) in [6, 6.07) is 34.5. The maximum Gasteiger partial charge on any atom is 0.266 e. The summed E-state index contributed by atoms with van der Waals surface area (Å²) < 4.78 is 23.7. The van der Waals surface area contributed by atoms with E-state index in [9.17, 15) is 0 Å². The quantitative estimate of drug-likeness (QED) is 0.0676. The van der Waals surface area contributed by atoms with Crippen molar-refractivity contribution in [2.75, 3.05) is 38.2 Å². The molecule has 4 amide bonds. The van der Waals surface area contributed by atoms with Gasteiger partial charge in [0.05, 0.1) is 39.8 Å². The maximum absolute atomic E-state index is 15.8. The standard InChI is InChI=1S/C64H58N2O8/c1-31(2)37-15-13-16-38(32(3)4)59(37)65-61(67)45-25-23-43-54-48(42-22-20-36(72-10)28-52(42)74-12)30-50-56-46(62(68)66(64(50)70)60-39(33(5)6)17-14-18-40(60)34(7)8)26-24-44(58(54)56)53-47(29-49(63(65)69)55(45)57(43)53)41-21-19-35(71-9)27-51(41)73-11/h13-34H,1-12H3. The van der Waals surface area contributed by atoms with Crippen LogP contribution < -0.4 is 28.7 Å². The molecule has 0 unspecified atom stereocenters. The monoisotopic (exact) mass is 982 g/mol. The summed E-state index contributed by atoms with van der Waals surface area (Å²) in [5.41, 5.74) is 8.91. The van der Waals surface area contributed by atoms with E-state index in [1.807, 2.05) is 109 Å². The van der Waals surface area contributed by atoms with Crippen molar-refractivity contribution in [1.82, 2.24) is 0 Å². The molecule has 0 saturated heterocycles. The maximum atomic E-state index is 15.8. The van der Waals surface area contributed by atoms with Gasteiger partial charge in [0.25, 0.3) is 23.6 Å². The van der Waals surface area contributed by atoms with Gasteiger partial charge in [0, 0.05) is 56.3 Å². The number of carbonyl (C=O) groups is 4. The molecule has 2 aliphatic heterocycles. The zero-order valence-electron chi connectivity index (χ0n) is 43.9. The summed E-state index contributed by atoms with van der Waals surface area (Å²) in [5.74, 6) is 0.420. The lowest BCUT2D eigenvalue weighted by Gasteiger charge is -2.34. The Morgan fingerprint density at radius 3 is 0.959 bits per heavy atom. The molecule has 0 fully saturated rings. The first-order valence-corrected chi connectivity index (χ1v) is 25.3. The van der Waals surface area contributed by atoms with Gasteiger partial charge in [-0.15, -0.1) is 0 Å². The summed E-state index contributed by atoms with van der Waals surface area (Å²) >= 11 is 0. The molecular formula is C64H58N2O8. The van der Waals surface area contributed by atoms with Crippen LogP contribution in [0.3, 0.4) is 0 Å². The highest BCUT2D eigenvalue weighted by molar-refractivity contribution is 6.48. The summed E-state index contributed by atoms with van der Waals surface area (Å²) in [5, 5.41) is 5.28. The minimum atomic E-state index is -0.443. The molecule has 9 aromatic rings. The van der Waals surface area contributed by atoms with Gasteiger partial charge in [-0.25, -0.2) is 9.80 Å². The van der Waals surface area contributed by atoms with E-state index in [-0.39, 0.29) is 23.7 Å². The van der Waals surface area contributed by atoms with Gasteiger partial charge in [-0.2, -0.15) is 0 Å². The summed E-state index contributed by atoms with van der Waals surface area (Å²) in [6.07, 6.45) is 0. The second-order valence-electron chi connectivity index (χ2n) is 20.7. The Labute approximate surface area is 430 Å². The average Bonchev–Trinajstić information content (AvgIpc) is 3.40. The van der Waals surface area contributed by atoms with E-state index in [0.29, 0.717) is 111 Å². The first-order valence-electron chi connectivity index (χ1n) is 25.3. The third-order valence-corrected chi connectivity index (χ3v) is 15.4. The molecule has 372 valence electrons. The van der Waals surface area contributed by atoms with Crippen molar-refractivity contribution in [3.63, 3.8) is 0 Å². The topological polar surface area (TPSA) is 112 Å². The predicted octanol–water partition coefficient (Wildman–Crippen LogP) is 15.2. The minimum absolute atomic E-state index is 0.000200. The molecule has 0 N–H and O–H groups in total. The number of carbonyl (C=O) groups excluding carboxylic acids is 4. The second kappa shape index (κ2) is 17.8. The first-order chi connectivity index (χ1) is 35.6. The van der Waals surface area contributed by atoms with Crippen LogP contribution in [-0.4, -0.2) is 52.1 Å². The van der Waals surface area contributed by atoms with Crippen LogP contribution in [0.15, 0.2) is 109 Å². The normalized spacial score (nSPS) is 13.7. The molecule has 11 rings (SSSR count). The molecule has 2 heterocycles. The number of rotatable bonds is 12. The number of benzene rings is 9. The highest BCUT2D eigenvalue weighted by atomic mass is 16.5. The van der Waals surface area contributed by atoms with Crippen LogP contribution in [0, 0.1) is 0 Å². The van der Waals surface area contributed by atoms with Gasteiger partial charge in [-0.1, -0.05) is 104 Å². The molecule has 74 heavy (non-hydrogen) atoms. The predicted molar refractivity (Wildman–Crippen MR) is 296 cm³/mol. The van der Waals surface area contributed by atoms with Gasteiger partial charge in [-0.3, -0.25) is 19.2 Å². The zero-order valence-corrected chi connectivity index (χ0v) is 43.9. The fourth-order valence-electron chi connectivity index (χ4n) is 11.9. The Bertz CT molecular complexity index is 3600. The number of amides is 4. The number of imide groups is 2. The van der Waals surface area contributed by atoms with Crippen LogP contribution in [0.4, 0.5) is 11.4 Å². The Kier molecular flexibility index (Phi) is 11.5. The van der Waals surface area contributed by atoms with E-state index in [1.54, 1.807) is 28.4 Å². The van der Waals surface area contributed by atoms with Gasteiger partial charge < -0.3 is 18.9 Å². The third kappa shape index (κ3) is 6.83. The number of anilines is 2. The van der Waals surface area contributed by atoms with Crippen molar-refractivity contribution in [3.8, 4) is 45.3 Å². The molecular weight excluding hydrogens is 925 g/mol. The van der Waals surface area contributed by atoms with Gasteiger partial charge in [0.2, 0.25) is 0 Å². The second-order valence-corrected chi connectivity index (χ2v) is 20.7. The summed E-state index contributed by atoms with van der Waals surface area (Å²) in [6.45, 7) is 16.6. The molecule has 0 bridgehead atoms. The van der Waals surface area contributed by atoms with Crippen LogP contribution in [0.1, 0.15) is 143 Å². The third-order valence-electron chi connectivity index (χ3n) is 15.4. The number of para-hydroxylation sites is 2. The van der Waals surface area contributed by atoms with Crippen LogP contribution in [-0.2, 0) is 0 Å². The smallest absolute Gasteiger partial charge is 0.266 e. The average molecular weight is 983 g/mol. The highest BCUT2D eigenvalue weighted by Crippen LogP contribution is 2.55. The molecule has 10 heteroatoms. The van der Waals surface area contributed by atoms with Gasteiger partial charge in [0.15, 0.2) is 0 Å². The van der Waals surface area contributed by atoms with Crippen molar-refractivity contribution in [1.29, 1.82) is 0 Å². The Morgan fingerprint density at radius 1 is 0.324 bits per heavy atom. The molecule has 9 aromatic carbocycles. The van der Waals surface area contributed by atoms with Crippen molar-refractivity contribution < 1.29 is 38.1 Å². The van der Waals surface area contributed by atoms with E-state index in [0.717, 1.165) is 33.0 Å². The van der Waals surface area contributed by atoms with Crippen LogP contribution in [0.25, 0.3) is 65.3 Å². The molecule has 0 aliphatic carbocycles. The number of hydrogen-bond acceptors (Lipinski definition) is 8. The Hall–Kier alpha value is -8.24. The lowest BCUT2D eigenvalue weighted by molar-refractivity contribution is 0.0877. The van der Waals surface area contributed by atoms with Crippen LogP contribution >= 0.6 is 0 Å². The fourth-order valence-corrected chi connectivity index (χ4v) is 11.9. The van der Waals surface area contributed by atoms with Crippen LogP contribution in [0.5, 0.6) is 23.0 Å². The number of fused-ring (bicyclic) bond motifs is 2. The molecule has 0 radical (unpaired) electrons. The summed E-state index contributed by atoms with van der Waals surface area (Å²) in [7, 11) is 6.39. The summed E-state index contributed by atoms with van der Waals surface area (Å²) in [4.78, 5) is 65.5. The minimum Gasteiger partial charge on any atom is -0.497 e. The van der Waals surface area contributed by atoms with E-state index in [4.69, 9.17) is 18.9 Å². The number of nitrogens with zero attached hydrogens (tertiary/aromatic N) is 2. The van der Waals surface area contributed by atoms with E-state index in [1.165, 1.54) is 9.80 Å². The van der Waals surface area contributed by atoms with Crippen molar-refractivity contribution in [2.45, 2.75) is 79.1 Å². The van der Waals surface area contributed by atoms with Gasteiger partial charge in [0.1, 0.15) is 23.0 Å². The van der Waals surface area contributed by atoms with E-state index < -0.39 is 23.6 Å². The van der Waals surface area contributed by atoms with Crippen molar-refractivity contribution in [2.24, 2.45) is 0 Å². The SMILES string of the molecule is COc1ccc(-c2cc3c4c(ccc5c6c(-c7ccc(OC)cc7OC)cc7c8c(ccc(c2c45)c86)C(=O)N(c2c(C(C)C)cccc2C(C)C)C7=O)C(=O)N(c2c(C(C)C)cccc2C(C)C)C3=O)c(OC)c1. The lowest BCUT2D eigenvalue weighted by Crippen LogP contribution is -2.42. The fraction of sp³-hybridized carbons (Fsp3) is 0.250. The molecule has 0 aromatic heterocycles. The van der Waals surface area contributed by atoms with Gasteiger partial charge in [-0.05, 0) is 138 Å². The molecule has 0 saturated carbocycles. The lowest BCUT2D eigenvalue weighted by atomic mass is 9.77. The molecule has 0 spiro atoms. The molecule has 2 aliphatic rings. The number of ether oxygens (including phenoxy) is 4. The number of hydrogen-bond donors (Lipinski definition) is 0. The van der Waals surface area contributed by atoms with Crippen molar-refractivity contribution >= 4 is 78.1 Å². The van der Waals surface area contributed by atoms with Gasteiger partial charge >= 0.3 is 0 Å². The largest absolute Gasteiger partial charge is 0.497 e. The van der Waals surface area contributed by atoms with Crippen molar-refractivity contribution in [3.05, 3.63) is 154 Å². The Balaban J connectivity index is 1.34. The Morgan fingerprint density at radius 2 is 0.649 bits per heavy atom. The van der Waals surface area contributed by atoms with Crippen LogP contribution in [0.2, 0.25) is 0 Å². The first kappa shape index (κ1) is 48.1.